The van der Waals surface area contributed by atoms with Gasteiger partial charge in [-0.2, -0.15) is 0 Å². The zero-order valence-corrected chi connectivity index (χ0v) is 10.8. The molecule has 0 amide bonds. The minimum absolute atomic E-state index is 0.0243. The van der Waals surface area contributed by atoms with E-state index in [1.165, 1.54) is 6.07 Å². The van der Waals surface area contributed by atoms with E-state index in [9.17, 15) is 9.18 Å². The van der Waals surface area contributed by atoms with Crippen LogP contribution in [0.4, 0.5) is 4.39 Å². The highest BCUT2D eigenvalue weighted by molar-refractivity contribution is 6.30. The van der Waals surface area contributed by atoms with Gasteiger partial charge >= 0.3 is 0 Å². The number of hydrogen-bond acceptors (Lipinski definition) is 2. The van der Waals surface area contributed by atoms with Crippen LogP contribution in [0, 0.1) is 17.7 Å². The van der Waals surface area contributed by atoms with Gasteiger partial charge in [-0.15, -0.1) is 0 Å². The van der Waals surface area contributed by atoms with Crippen LogP contribution in [0.3, 0.4) is 0 Å². The van der Waals surface area contributed by atoms with E-state index in [-0.39, 0.29) is 24.0 Å². The molecule has 1 atom stereocenters. The summed E-state index contributed by atoms with van der Waals surface area (Å²) in [5.74, 6) is -0.512. The first-order valence-electron chi connectivity index (χ1n) is 5.62. The summed E-state index contributed by atoms with van der Waals surface area (Å²) >= 11 is 5.65. The molecular formula is C13H17ClFNO. The van der Waals surface area contributed by atoms with E-state index in [0.717, 1.165) is 0 Å². The Labute approximate surface area is 106 Å². The molecule has 94 valence electrons. The van der Waals surface area contributed by atoms with Crippen LogP contribution in [0.5, 0.6) is 0 Å². The van der Waals surface area contributed by atoms with Crippen molar-refractivity contribution in [1.82, 2.24) is 0 Å². The second-order valence-corrected chi connectivity index (χ2v) is 4.90. The van der Waals surface area contributed by atoms with E-state index < -0.39 is 5.82 Å². The van der Waals surface area contributed by atoms with Gasteiger partial charge in [-0.1, -0.05) is 31.5 Å². The first-order chi connectivity index (χ1) is 7.95. The molecule has 2 nitrogen and oxygen atoms in total. The topological polar surface area (TPSA) is 43.1 Å². The smallest absolute Gasteiger partial charge is 0.141 e. The number of ketones is 1. The first-order valence-corrected chi connectivity index (χ1v) is 6.00. The lowest BCUT2D eigenvalue weighted by molar-refractivity contribution is -0.123. The van der Waals surface area contributed by atoms with Crippen LogP contribution in [0.25, 0.3) is 0 Å². The predicted octanol–water partition coefficient (Wildman–Crippen LogP) is 2.82. The fraction of sp³-hybridized carbons (Fsp3) is 0.462. The fourth-order valence-corrected chi connectivity index (χ4v) is 1.92. The van der Waals surface area contributed by atoms with Gasteiger partial charge in [0, 0.05) is 23.9 Å². The van der Waals surface area contributed by atoms with Crippen LogP contribution < -0.4 is 5.73 Å². The molecule has 1 aromatic carbocycles. The highest BCUT2D eigenvalue weighted by atomic mass is 35.5. The van der Waals surface area contributed by atoms with Crippen LogP contribution >= 0.6 is 11.6 Å². The van der Waals surface area contributed by atoms with E-state index in [1.807, 2.05) is 13.8 Å². The average Bonchev–Trinajstić information content (AvgIpc) is 2.22. The second kappa shape index (κ2) is 6.12. The highest BCUT2D eigenvalue weighted by Gasteiger charge is 2.21. The lowest BCUT2D eigenvalue weighted by atomic mass is 9.88. The van der Waals surface area contributed by atoms with E-state index in [2.05, 4.69) is 0 Å². The maximum absolute atomic E-state index is 13.5. The van der Waals surface area contributed by atoms with Gasteiger partial charge in [-0.3, -0.25) is 4.79 Å². The maximum atomic E-state index is 13.5. The van der Waals surface area contributed by atoms with Gasteiger partial charge in [0.25, 0.3) is 0 Å². The number of hydrogen-bond donors (Lipinski definition) is 1. The maximum Gasteiger partial charge on any atom is 0.141 e. The summed E-state index contributed by atoms with van der Waals surface area (Å²) in [6.45, 7) is 4.17. The number of benzene rings is 1. The number of carbonyl (C=O) groups is 1. The third-order valence-corrected chi connectivity index (χ3v) is 3.09. The molecule has 17 heavy (non-hydrogen) atoms. The average molecular weight is 258 g/mol. The molecule has 0 saturated heterocycles. The number of carbonyl (C=O) groups excluding carboxylic acids is 1. The van der Waals surface area contributed by atoms with Crippen molar-refractivity contribution in [2.45, 2.75) is 20.3 Å². The molecule has 1 unspecified atom stereocenters. The molecule has 0 spiro atoms. The SMILES string of the molecule is CC(C)C(CN)C(=O)Cc1ccc(Cl)cc1F. The number of halogens is 2. The molecule has 1 aromatic rings. The zero-order valence-electron chi connectivity index (χ0n) is 10.0. The van der Waals surface area contributed by atoms with Gasteiger partial charge < -0.3 is 5.73 Å². The minimum atomic E-state index is -0.439. The molecule has 2 N–H and O–H groups in total. The van der Waals surface area contributed by atoms with Gasteiger partial charge in [0.2, 0.25) is 0 Å². The van der Waals surface area contributed by atoms with E-state index in [1.54, 1.807) is 12.1 Å². The molecule has 0 aliphatic heterocycles. The number of nitrogens with two attached hydrogens (primary N) is 1. The molecule has 0 heterocycles. The molecule has 0 bridgehead atoms. The summed E-state index contributed by atoms with van der Waals surface area (Å²) in [6.07, 6.45) is 0.0725. The highest BCUT2D eigenvalue weighted by Crippen LogP contribution is 2.18. The van der Waals surface area contributed by atoms with Crippen molar-refractivity contribution in [2.75, 3.05) is 6.54 Å². The van der Waals surface area contributed by atoms with Crippen LogP contribution in [-0.2, 0) is 11.2 Å². The van der Waals surface area contributed by atoms with Crippen molar-refractivity contribution in [1.29, 1.82) is 0 Å². The molecule has 0 aliphatic rings. The molecule has 0 aliphatic carbocycles. The Kier molecular flexibility index (Phi) is 5.09. The van der Waals surface area contributed by atoms with Crippen molar-refractivity contribution in [2.24, 2.45) is 17.6 Å². The summed E-state index contributed by atoms with van der Waals surface area (Å²) in [7, 11) is 0. The molecule has 0 radical (unpaired) electrons. The molecule has 1 rings (SSSR count). The third kappa shape index (κ3) is 3.79. The number of Topliss-reactive ketones (excluding diaryl/α,β-unsaturated/α-hetero) is 1. The van der Waals surface area contributed by atoms with Crippen molar-refractivity contribution >= 4 is 17.4 Å². The van der Waals surface area contributed by atoms with Crippen LogP contribution in [-0.4, -0.2) is 12.3 Å². The van der Waals surface area contributed by atoms with E-state index >= 15 is 0 Å². The monoisotopic (exact) mass is 257 g/mol. The number of rotatable bonds is 5. The summed E-state index contributed by atoms with van der Waals surface area (Å²) in [4.78, 5) is 11.9. The van der Waals surface area contributed by atoms with E-state index in [0.29, 0.717) is 17.1 Å². The van der Waals surface area contributed by atoms with Gasteiger partial charge in [-0.25, -0.2) is 4.39 Å². The Bertz CT molecular complexity index is 406. The van der Waals surface area contributed by atoms with Crippen molar-refractivity contribution < 1.29 is 9.18 Å². The molecule has 0 saturated carbocycles. The predicted molar refractivity (Wildman–Crippen MR) is 67.5 cm³/mol. The Hall–Kier alpha value is -0.930. The Morgan fingerprint density at radius 1 is 1.47 bits per heavy atom. The third-order valence-electron chi connectivity index (χ3n) is 2.85. The van der Waals surface area contributed by atoms with Crippen molar-refractivity contribution in [3.63, 3.8) is 0 Å². The summed E-state index contributed by atoms with van der Waals surface area (Å²) in [5.41, 5.74) is 5.93. The Morgan fingerprint density at radius 3 is 2.59 bits per heavy atom. The Morgan fingerprint density at radius 2 is 2.12 bits per heavy atom. The van der Waals surface area contributed by atoms with E-state index in [4.69, 9.17) is 17.3 Å². The van der Waals surface area contributed by atoms with Crippen LogP contribution in [0.1, 0.15) is 19.4 Å². The minimum Gasteiger partial charge on any atom is -0.330 e. The van der Waals surface area contributed by atoms with Crippen LogP contribution in [0.2, 0.25) is 5.02 Å². The quantitative estimate of drug-likeness (QED) is 0.881. The van der Waals surface area contributed by atoms with Crippen molar-refractivity contribution in [3.05, 3.63) is 34.6 Å². The standard InChI is InChI=1S/C13H17ClFNO/c1-8(2)11(7-16)13(17)5-9-3-4-10(14)6-12(9)15/h3-4,6,8,11H,5,7,16H2,1-2H3. The van der Waals surface area contributed by atoms with Crippen molar-refractivity contribution in [3.8, 4) is 0 Å². The summed E-state index contributed by atoms with van der Waals surface area (Å²) in [5, 5.41) is 0.331. The van der Waals surface area contributed by atoms with Gasteiger partial charge in [-0.05, 0) is 23.6 Å². The largest absolute Gasteiger partial charge is 0.330 e. The lowest BCUT2D eigenvalue weighted by Gasteiger charge is -2.17. The second-order valence-electron chi connectivity index (χ2n) is 4.47. The molecule has 0 fully saturated rings. The molecule has 0 aromatic heterocycles. The first kappa shape index (κ1) is 14.1. The van der Waals surface area contributed by atoms with Gasteiger partial charge in [0.05, 0.1) is 0 Å². The van der Waals surface area contributed by atoms with Gasteiger partial charge in [0.1, 0.15) is 11.6 Å². The molecular weight excluding hydrogens is 241 g/mol. The summed E-state index contributed by atoms with van der Waals surface area (Å²) in [6, 6.07) is 4.35. The zero-order chi connectivity index (χ0) is 13.0. The molecule has 4 heteroatoms. The summed E-state index contributed by atoms with van der Waals surface area (Å²) < 4.78 is 13.5. The lowest BCUT2D eigenvalue weighted by Crippen LogP contribution is -2.29. The normalized spacial score (nSPS) is 12.8. The van der Waals surface area contributed by atoms with Crippen LogP contribution in [0.15, 0.2) is 18.2 Å². The van der Waals surface area contributed by atoms with Gasteiger partial charge in [0.15, 0.2) is 0 Å². The fourth-order valence-electron chi connectivity index (χ4n) is 1.76. The Balaban J connectivity index is 2.80.